The van der Waals surface area contributed by atoms with Crippen LogP contribution in [0.15, 0.2) is 30.3 Å². The van der Waals surface area contributed by atoms with Crippen molar-refractivity contribution in [3.63, 3.8) is 0 Å². The first-order chi connectivity index (χ1) is 8.64. The van der Waals surface area contributed by atoms with Crippen LogP contribution < -0.4 is 0 Å². The summed E-state index contributed by atoms with van der Waals surface area (Å²) in [6.45, 7) is 6.05. The van der Waals surface area contributed by atoms with Crippen molar-refractivity contribution < 1.29 is 5.11 Å². The Hall–Kier alpha value is -0.900. The predicted octanol–water partition coefficient (Wildman–Crippen LogP) is 1.58. The van der Waals surface area contributed by atoms with Gasteiger partial charge in [0.25, 0.3) is 0 Å². The van der Waals surface area contributed by atoms with Gasteiger partial charge in [0.1, 0.15) is 5.72 Å². The maximum absolute atomic E-state index is 10.9. The van der Waals surface area contributed by atoms with Gasteiger partial charge >= 0.3 is 0 Å². The lowest BCUT2D eigenvalue weighted by Crippen LogP contribution is -2.57. The van der Waals surface area contributed by atoms with Crippen molar-refractivity contribution in [2.24, 2.45) is 0 Å². The molecule has 0 amide bonds. The van der Waals surface area contributed by atoms with Crippen LogP contribution in [0.1, 0.15) is 18.9 Å². The molecule has 3 heteroatoms. The molecule has 1 aliphatic rings. The molecule has 0 aliphatic carbocycles. The third-order valence-electron chi connectivity index (χ3n) is 3.99. The van der Waals surface area contributed by atoms with E-state index in [2.05, 4.69) is 35.9 Å². The minimum Gasteiger partial charge on any atom is -0.375 e. The highest BCUT2D eigenvalue weighted by molar-refractivity contribution is 5.17. The summed E-state index contributed by atoms with van der Waals surface area (Å²) in [7, 11) is 2.14. The molecule has 1 heterocycles. The molecule has 0 aromatic heterocycles. The molecule has 1 fully saturated rings. The maximum atomic E-state index is 10.9. The van der Waals surface area contributed by atoms with E-state index in [1.54, 1.807) is 0 Å². The molecule has 1 aromatic rings. The Morgan fingerprint density at radius 2 is 1.72 bits per heavy atom. The van der Waals surface area contributed by atoms with Crippen molar-refractivity contribution in [2.45, 2.75) is 25.5 Å². The van der Waals surface area contributed by atoms with Gasteiger partial charge in [-0.1, -0.05) is 37.3 Å². The molecule has 1 atom stereocenters. The third kappa shape index (κ3) is 3.10. The number of hydrogen-bond donors (Lipinski definition) is 1. The molecular weight excluding hydrogens is 224 g/mol. The average molecular weight is 248 g/mol. The van der Waals surface area contributed by atoms with Crippen LogP contribution in [-0.4, -0.2) is 53.9 Å². The topological polar surface area (TPSA) is 26.7 Å². The van der Waals surface area contributed by atoms with E-state index in [-0.39, 0.29) is 0 Å². The van der Waals surface area contributed by atoms with Crippen molar-refractivity contribution >= 4 is 0 Å². The summed E-state index contributed by atoms with van der Waals surface area (Å²) in [5, 5.41) is 10.9. The van der Waals surface area contributed by atoms with E-state index in [4.69, 9.17) is 0 Å². The highest BCUT2D eigenvalue weighted by atomic mass is 16.3. The number of piperazine rings is 1. The zero-order valence-electron chi connectivity index (χ0n) is 11.5. The maximum Gasteiger partial charge on any atom is 0.122 e. The molecule has 1 saturated heterocycles. The average Bonchev–Trinajstić information content (AvgIpc) is 2.40. The quantitative estimate of drug-likeness (QED) is 0.876. The van der Waals surface area contributed by atoms with Crippen LogP contribution in [0, 0.1) is 0 Å². The molecule has 2 rings (SSSR count). The Morgan fingerprint density at radius 1 is 1.11 bits per heavy atom. The fourth-order valence-corrected chi connectivity index (χ4v) is 2.61. The minimum absolute atomic E-state index is 0.692. The molecule has 0 spiro atoms. The highest BCUT2D eigenvalue weighted by Gasteiger charge is 2.34. The standard InChI is InChI=1S/C15H24N2O/c1-3-15(18,13-14-7-5-4-6-8-14)17-11-9-16(2)10-12-17/h4-8,18H,3,9-13H2,1-2H3. The van der Waals surface area contributed by atoms with E-state index in [0.717, 1.165) is 32.6 Å². The fraction of sp³-hybridized carbons (Fsp3) is 0.600. The van der Waals surface area contributed by atoms with Crippen molar-refractivity contribution in [1.82, 2.24) is 9.80 Å². The largest absolute Gasteiger partial charge is 0.375 e. The van der Waals surface area contributed by atoms with E-state index in [0.29, 0.717) is 6.42 Å². The second-order valence-corrected chi connectivity index (χ2v) is 5.29. The Balaban J connectivity index is 2.05. The molecule has 18 heavy (non-hydrogen) atoms. The van der Waals surface area contributed by atoms with Gasteiger partial charge in [0.15, 0.2) is 0 Å². The SMILES string of the molecule is CCC(O)(Cc1ccccc1)N1CCN(C)CC1. The van der Waals surface area contributed by atoms with E-state index in [1.165, 1.54) is 5.56 Å². The molecule has 0 bridgehead atoms. The highest BCUT2D eigenvalue weighted by Crippen LogP contribution is 2.23. The zero-order chi connectivity index (χ0) is 13.0. The van der Waals surface area contributed by atoms with E-state index in [1.807, 2.05) is 18.2 Å². The number of benzene rings is 1. The Bertz CT molecular complexity index is 360. The summed E-state index contributed by atoms with van der Waals surface area (Å²) >= 11 is 0. The number of likely N-dealkylation sites (N-methyl/N-ethyl adjacent to an activating group) is 1. The number of rotatable bonds is 4. The molecule has 100 valence electrons. The van der Waals surface area contributed by atoms with Gasteiger partial charge in [-0.3, -0.25) is 4.90 Å². The summed E-state index contributed by atoms with van der Waals surface area (Å²) in [4.78, 5) is 4.55. The summed E-state index contributed by atoms with van der Waals surface area (Å²) in [6, 6.07) is 10.3. The lowest BCUT2D eigenvalue weighted by atomic mass is 9.97. The van der Waals surface area contributed by atoms with Gasteiger partial charge in [-0.25, -0.2) is 0 Å². The van der Waals surface area contributed by atoms with Crippen LogP contribution in [0.4, 0.5) is 0 Å². The van der Waals surface area contributed by atoms with Gasteiger partial charge in [-0.15, -0.1) is 0 Å². The van der Waals surface area contributed by atoms with Crippen molar-refractivity contribution in [1.29, 1.82) is 0 Å². The third-order valence-corrected chi connectivity index (χ3v) is 3.99. The summed E-state index contributed by atoms with van der Waals surface area (Å²) in [5.74, 6) is 0. The van der Waals surface area contributed by atoms with Crippen LogP contribution in [0.3, 0.4) is 0 Å². The van der Waals surface area contributed by atoms with Crippen LogP contribution in [0.25, 0.3) is 0 Å². The minimum atomic E-state index is -0.692. The number of aliphatic hydroxyl groups is 1. The summed E-state index contributed by atoms with van der Waals surface area (Å²) in [6.07, 6.45) is 1.49. The van der Waals surface area contributed by atoms with Gasteiger partial charge in [0, 0.05) is 32.6 Å². The van der Waals surface area contributed by atoms with Crippen molar-refractivity contribution in [3.8, 4) is 0 Å². The molecule has 1 aliphatic heterocycles. The first kappa shape index (κ1) is 13.5. The summed E-state index contributed by atoms with van der Waals surface area (Å²) in [5.41, 5.74) is 0.517. The van der Waals surface area contributed by atoms with E-state index < -0.39 is 5.72 Å². The Kier molecular flexibility index (Phi) is 4.38. The lowest BCUT2D eigenvalue weighted by Gasteiger charge is -2.43. The normalized spacial score (nSPS) is 21.7. The van der Waals surface area contributed by atoms with E-state index in [9.17, 15) is 5.11 Å². The second-order valence-electron chi connectivity index (χ2n) is 5.29. The first-order valence-electron chi connectivity index (χ1n) is 6.84. The number of hydrogen-bond acceptors (Lipinski definition) is 3. The van der Waals surface area contributed by atoms with Gasteiger partial charge < -0.3 is 10.0 Å². The van der Waals surface area contributed by atoms with Crippen LogP contribution in [0.5, 0.6) is 0 Å². The van der Waals surface area contributed by atoms with Gasteiger partial charge in [-0.2, -0.15) is 0 Å². The first-order valence-corrected chi connectivity index (χ1v) is 6.84. The monoisotopic (exact) mass is 248 g/mol. The van der Waals surface area contributed by atoms with Gasteiger partial charge in [0.2, 0.25) is 0 Å². The van der Waals surface area contributed by atoms with E-state index >= 15 is 0 Å². The lowest BCUT2D eigenvalue weighted by molar-refractivity contribution is -0.124. The molecule has 1 unspecified atom stereocenters. The fourth-order valence-electron chi connectivity index (χ4n) is 2.61. The molecule has 0 saturated carbocycles. The van der Waals surface area contributed by atoms with Crippen LogP contribution >= 0.6 is 0 Å². The Morgan fingerprint density at radius 3 is 2.28 bits per heavy atom. The van der Waals surface area contributed by atoms with Crippen molar-refractivity contribution in [3.05, 3.63) is 35.9 Å². The molecule has 3 nitrogen and oxygen atoms in total. The van der Waals surface area contributed by atoms with Crippen LogP contribution in [0.2, 0.25) is 0 Å². The molecular formula is C15H24N2O. The molecule has 0 radical (unpaired) electrons. The van der Waals surface area contributed by atoms with Gasteiger partial charge in [0.05, 0.1) is 0 Å². The second kappa shape index (κ2) is 5.83. The van der Waals surface area contributed by atoms with Gasteiger partial charge in [-0.05, 0) is 19.0 Å². The smallest absolute Gasteiger partial charge is 0.122 e. The summed E-state index contributed by atoms with van der Waals surface area (Å²) < 4.78 is 0. The molecule has 1 N–H and O–H groups in total. The van der Waals surface area contributed by atoms with Crippen LogP contribution in [-0.2, 0) is 6.42 Å². The molecule has 1 aromatic carbocycles. The predicted molar refractivity (Wildman–Crippen MR) is 74.5 cm³/mol. The van der Waals surface area contributed by atoms with Crippen molar-refractivity contribution in [2.75, 3.05) is 33.2 Å². The zero-order valence-corrected chi connectivity index (χ0v) is 11.5. The number of nitrogens with zero attached hydrogens (tertiary/aromatic N) is 2. The Labute approximate surface area is 110 Å².